The number of rotatable bonds is 9. The fraction of sp³-hybridized carbons (Fsp3) is 0.500. The number of nitrogens with one attached hydrogen (secondary N) is 1. The van der Waals surface area contributed by atoms with Crippen LogP contribution in [0.3, 0.4) is 0 Å². The van der Waals surface area contributed by atoms with Crippen LogP contribution in [0.4, 0.5) is 0 Å². The third-order valence-electron chi connectivity index (χ3n) is 2.73. The zero-order valence-corrected chi connectivity index (χ0v) is 11.2. The molecule has 0 fully saturated rings. The first-order chi connectivity index (χ1) is 9.40. The predicted molar refractivity (Wildman–Crippen MR) is 73.3 cm³/mol. The van der Waals surface area contributed by atoms with E-state index in [1.54, 1.807) is 7.11 Å². The number of nitrogens with zero attached hydrogens (tertiary/aromatic N) is 1. The number of H-pyrrole nitrogens is 1. The molecule has 2 aromatic rings. The van der Waals surface area contributed by atoms with E-state index in [1.165, 1.54) is 0 Å². The van der Waals surface area contributed by atoms with Gasteiger partial charge in [0.1, 0.15) is 5.82 Å². The van der Waals surface area contributed by atoms with E-state index in [9.17, 15) is 0 Å². The van der Waals surface area contributed by atoms with Crippen molar-refractivity contribution < 1.29 is 14.2 Å². The molecule has 1 aromatic carbocycles. The van der Waals surface area contributed by atoms with Gasteiger partial charge in [-0.15, -0.1) is 0 Å². The molecule has 0 spiro atoms. The summed E-state index contributed by atoms with van der Waals surface area (Å²) in [6.45, 7) is 3.09. The molecule has 0 aliphatic carbocycles. The second-order valence-corrected chi connectivity index (χ2v) is 4.17. The number of aromatic amines is 1. The van der Waals surface area contributed by atoms with Crippen molar-refractivity contribution in [3.05, 3.63) is 30.1 Å². The van der Waals surface area contributed by atoms with Gasteiger partial charge in [0.15, 0.2) is 0 Å². The van der Waals surface area contributed by atoms with E-state index < -0.39 is 0 Å². The number of methoxy groups -OCH3 is 1. The van der Waals surface area contributed by atoms with E-state index in [2.05, 4.69) is 9.97 Å². The molecule has 0 saturated carbocycles. The van der Waals surface area contributed by atoms with Gasteiger partial charge >= 0.3 is 0 Å². The Morgan fingerprint density at radius 1 is 1.00 bits per heavy atom. The van der Waals surface area contributed by atoms with Gasteiger partial charge in [0.05, 0.1) is 44.1 Å². The van der Waals surface area contributed by atoms with Crippen LogP contribution in [0.15, 0.2) is 24.3 Å². The zero-order chi connectivity index (χ0) is 13.3. The van der Waals surface area contributed by atoms with Crippen molar-refractivity contribution in [2.24, 2.45) is 0 Å². The van der Waals surface area contributed by atoms with Crippen LogP contribution in [0.2, 0.25) is 0 Å². The minimum Gasteiger partial charge on any atom is -0.382 e. The van der Waals surface area contributed by atoms with Gasteiger partial charge in [0.25, 0.3) is 0 Å². The molecule has 1 N–H and O–H groups in total. The van der Waals surface area contributed by atoms with E-state index in [4.69, 9.17) is 14.2 Å². The maximum absolute atomic E-state index is 5.49. The zero-order valence-electron chi connectivity index (χ0n) is 11.2. The van der Waals surface area contributed by atoms with Crippen molar-refractivity contribution in [1.29, 1.82) is 0 Å². The number of hydrogen-bond acceptors (Lipinski definition) is 4. The lowest BCUT2D eigenvalue weighted by Gasteiger charge is -2.04. The lowest BCUT2D eigenvalue weighted by Crippen LogP contribution is -2.10. The SMILES string of the molecule is COCCOCCOCCc1nc2ccccc2[nH]1. The Bertz CT molecular complexity index is 451. The van der Waals surface area contributed by atoms with E-state index in [-0.39, 0.29) is 0 Å². The lowest BCUT2D eigenvalue weighted by atomic mass is 10.3. The summed E-state index contributed by atoms with van der Waals surface area (Å²) in [7, 11) is 1.66. The molecule has 104 valence electrons. The van der Waals surface area contributed by atoms with Gasteiger partial charge in [-0.1, -0.05) is 12.1 Å². The average molecular weight is 264 g/mol. The van der Waals surface area contributed by atoms with Gasteiger partial charge in [0, 0.05) is 13.5 Å². The summed E-state index contributed by atoms with van der Waals surface area (Å²) in [5.41, 5.74) is 2.07. The van der Waals surface area contributed by atoms with Crippen LogP contribution in [0.25, 0.3) is 11.0 Å². The first kappa shape index (κ1) is 14.0. The number of para-hydroxylation sites is 2. The fourth-order valence-corrected chi connectivity index (χ4v) is 1.76. The Morgan fingerprint density at radius 2 is 1.74 bits per heavy atom. The summed E-state index contributed by atoms with van der Waals surface area (Å²) in [5, 5.41) is 0. The molecular weight excluding hydrogens is 244 g/mol. The van der Waals surface area contributed by atoms with Gasteiger partial charge in [-0.05, 0) is 12.1 Å². The second-order valence-electron chi connectivity index (χ2n) is 4.17. The first-order valence-corrected chi connectivity index (χ1v) is 6.48. The molecule has 0 unspecified atom stereocenters. The van der Waals surface area contributed by atoms with Crippen molar-refractivity contribution in [3.63, 3.8) is 0 Å². The molecular formula is C14H20N2O3. The maximum Gasteiger partial charge on any atom is 0.109 e. The number of fused-ring (bicyclic) bond motifs is 1. The van der Waals surface area contributed by atoms with Crippen molar-refractivity contribution in [3.8, 4) is 0 Å². The normalized spacial score (nSPS) is 11.2. The molecule has 0 radical (unpaired) electrons. The van der Waals surface area contributed by atoms with Crippen molar-refractivity contribution >= 4 is 11.0 Å². The van der Waals surface area contributed by atoms with Gasteiger partial charge in [0.2, 0.25) is 0 Å². The molecule has 5 heteroatoms. The van der Waals surface area contributed by atoms with E-state index in [1.807, 2.05) is 24.3 Å². The molecule has 1 heterocycles. The molecule has 19 heavy (non-hydrogen) atoms. The molecule has 0 aliphatic heterocycles. The van der Waals surface area contributed by atoms with Crippen LogP contribution < -0.4 is 0 Å². The molecule has 0 saturated heterocycles. The molecule has 5 nitrogen and oxygen atoms in total. The van der Waals surface area contributed by atoms with Crippen LogP contribution in [0.5, 0.6) is 0 Å². The lowest BCUT2D eigenvalue weighted by molar-refractivity contribution is 0.0253. The van der Waals surface area contributed by atoms with Crippen molar-refractivity contribution in [1.82, 2.24) is 9.97 Å². The highest BCUT2D eigenvalue weighted by Gasteiger charge is 2.01. The first-order valence-electron chi connectivity index (χ1n) is 6.48. The second kappa shape index (κ2) is 7.89. The van der Waals surface area contributed by atoms with Crippen molar-refractivity contribution in [2.45, 2.75) is 6.42 Å². The highest BCUT2D eigenvalue weighted by molar-refractivity contribution is 5.74. The Balaban J connectivity index is 1.60. The standard InChI is InChI=1S/C14H20N2O3/c1-17-8-9-19-11-10-18-7-6-14-15-12-4-2-3-5-13(12)16-14/h2-5H,6-11H2,1H3,(H,15,16). The Labute approximate surface area is 112 Å². The van der Waals surface area contributed by atoms with Gasteiger partial charge < -0.3 is 19.2 Å². The minimum absolute atomic E-state index is 0.601. The van der Waals surface area contributed by atoms with Crippen molar-refractivity contribution in [2.75, 3.05) is 40.1 Å². The Kier molecular flexibility index (Phi) is 5.81. The number of hydrogen-bond donors (Lipinski definition) is 1. The quantitative estimate of drug-likeness (QED) is 0.701. The summed E-state index contributed by atoms with van der Waals surface area (Å²) < 4.78 is 15.7. The van der Waals surface area contributed by atoms with Crippen LogP contribution in [-0.4, -0.2) is 50.1 Å². The monoisotopic (exact) mass is 264 g/mol. The minimum atomic E-state index is 0.601. The van der Waals surface area contributed by atoms with Gasteiger partial charge in [-0.25, -0.2) is 4.98 Å². The largest absolute Gasteiger partial charge is 0.382 e. The molecule has 2 rings (SSSR count). The van der Waals surface area contributed by atoms with E-state index >= 15 is 0 Å². The highest BCUT2D eigenvalue weighted by atomic mass is 16.5. The third-order valence-corrected chi connectivity index (χ3v) is 2.73. The molecule has 0 aliphatic rings. The van der Waals surface area contributed by atoms with Crippen LogP contribution in [-0.2, 0) is 20.6 Å². The predicted octanol–water partition coefficient (Wildman–Crippen LogP) is 1.78. The molecule has 0 atom stereocenters. The smallest absolute Gasteiger partial charge is 0.109 e. The van der Waals surface area contributed by atoms with Crippen LogP contribution in [0.1, 0.15) is 5.82 Å². The summed E-state index contributed by atoms with van der Waals surface area (Å²) in [6, 6.07) is 8.01. The molecule has 0 bridgehead atoms. The molecule has 0 amide bonds. The summed E-state index contributed by atoms with van der Waals surface area (Å²) in [4.78, 5) is 7.76. The topological polar surface area (TPSA) is 56.4 Å². The highest BCUT2D eigenvalue weighted by Crippen LogP contribution is 2.10. The van der Waals surface area contributed by atoms with E-state index in [0.29, 0.717) is 33.0 Å². The van der Waals surface area contributed by atoms with Gasteiger partial charge in [-0.2, -0.15) is 0 Å². The fourth-order valence-electron chi connectivity index (χ4n) is 1.76. The number of ether oxygens (including phenoxy) is 3. The number of imidazole rings is 1. The van der Waals surface area contributed by atoms with Gasteiger partial charge in [-0.3, -0.25) is 0 Å². The number of aromatic nitrogens is 2. The summed E-state index contributed by atoms with van der Waals surface area (Å²) in [6.07, 6.45) is 0.784. The van der Waals surface area contributed by atoms with E-state index in [0.717, 1.165) is 23.3 Å². The maximum atomic E-state index is 5.49. The average Bonchev–Trinajstić information content (AvgIpc) is 2.84. The third kappa shape index (κ3) is 4.63. The summed E-state index contributed by atoms with van der Waals surface area (Å²) >= 11 is 0. The van der Waals surface area contributed by atoms with Crippen LogP contribution >= 0.6 is 0 Å². The Morgan fingerprint density at radius 3 is 2.53 bits per heavy atom. The molecule has 1 aromatic heterocycles. The Hall–Kier alpha value is -1.43. The number of benzene rings is 1. The summed E-state index contributed by atoms with van der Waals surface area (Å²) in [5.74, 6) is 0.960. The van der Waals surface area contributed by atoms with Crippen LogP contribution in [0, 0.1) is 0 Å².